The number of hydrogen-bond acceptors (Lipinski definition) is 3. The van der Waals surface area contributed by atoms with E-state index in [4.69, 9.17) is 12.2 Å². The summed E-state index contributed by atoms with van der Waals surface area (Å²) in [5.74, 6) is -0.237. The lowest BCUT2D eigenvalue weighted by Gasteiger charge is -2.18. The Balaban J connectivity index is 3.14. The second-order valence-electron chi connectivity index (χ2n) is 3.06. The second-order valence-corrected chi connectivity index (χ2v) is 3.43. The smallest absolute Gasteiger partial charge is 0.256 e. The van der Waals surface area contributed by atoms with Crippen LogP contribution in [0.25, 0.3) is 0 Å². The first-order valence-corrected chi connectivity index (χ1v) is 5.13. The molecule has 1 heterocycles. The Morgan fingerprint density at radius 2 is 2.19 bits per heavy atom. The van der Waals surface area contributed by atoms with Crippen molar-refractivity contribution in [2.45, 2.75) is 13.8 Å². The molecule has 1 rings (SSSR count). The normalized spacial score (nSPS) is 10.4. The predicted octanol–water partition coefficient (Wildman–Crippen LogP) is 1.36. The van der Waals surface area contributed by atoms with Crippen LogP contribution in [-0.4, -0.2) is 20.5 Å². The maximum Gasteiger partial charge on any atom is 0.256 e. The maximum atomic E-state index is 11.5. The van der Waals surface area contributed by atoms with Gasteiger partial charge in [-0.25, -0.2) is 0 Å². The molecule has 0 fully saturated rings. The van der Waals surface area contributed by atoms with Crippen LogP contribution in [0.1, 0.15) is 13.8 Å². The second kappa shape index (κ2) is 5.37. The molecule has 16 heavy (non-hydrogen) atoms. The standard InChI is InChI=1S/C11H12N2O2S/c1-3-7-12(9(2)14)11(16)13-8-5-4-6-10(13)15/h3-8H,1-2H3/b7-3-. The highest BCUT2D eigenvalue weighted by atomic mass is 32.1. The van der Waals surface area contributed by atoms with Crippen LogP contribution >= 0.6 is 12.2 Å². The fourth-order valence-corrected chi connectivity index (χ4v) is 1.49. The lowest BCUT2D eigenvalue weighted by atomic mass is 10.5. The number of allylic oxidation sites excluding steroid dienone is 1. The largest absolute Gasteiger partial charge is 0.274 e. The van der Waals surface area contributed by atoms with Gasteiger partial charge in [0.05, 0.1) is 0 Å². The molecule has 0 spiro atoms. The van der Waals surface area contributed by atoms with Gasteiger partial charge in [0.15, 0.2) is 5.11 Å². The van der Waals surface area contributed by atoms with Gasteiger partial charge in [0.2, 0.25) is 5.91 Å². The van der Waals surface area contributed by atoms with Crippen LogP contribution in [-0.2, 0) is 4.79 Å². The molecule has 0 aliphatic carbocycles. The molecule has 0 aliphatic heterocycles. The average Bonchev–Trinajstić information content (AvgIpc) is 2.25. The van der Waals surface area contributed by atoms with Crippen LogP contribution in [0.2, 0.25) is 0 Å². The Labute approximate surface area is 98.8 Å². The van der Waals surface area contributed by atoms with Crippen molar-refractivity contribution in [2.75, 3.05) is 0 Å². The molecule has 0 saturated heterocycles. The van der Waals surface area contributed by atoms with Crippen LogP contribution in [0.4, 0.5) is 0 Å². The Hall–Kier alpha value is -1.75. The zero-order valence-corrected chi connectivity index (χ0v) is 9.90. The molecular formula is C11H12N2O2S. The monoisotopic (exact) mass is 236 g/mol. The third-order valence-electron chi connectivity index (χ3n) is 1.87. The van der Waals surface area contributed by atoms with Crippen molar-refractivity contribution in [2.24, 2.45) is 0 Å². The molecule has 0 aromatic carbocycles. The summed E-state index contributed by atoms with van der Waals surface area (Å²) in [7, 11) is 0. The van der Waals surface area contributed by atoms with E-state index in [-0.39, 0.29) is 16.6 Å². The molecule has 0 aliphatic rings. The SMILES string of the molecule is C/C=C\N(C(C)=O)C(=S)n1ccccc1=O. The summed E-state index contributed by atoms with van der Waals surface area (Å²) >= 11 is 5.09. The number of nitrogens with zero attached hydrogens (tertiary/aromatic N) is 2. The summed E-state index contributed by atoms with van der Waals surface area (Å²) in [5, 5.41) is 0.149. The maximum absolute atomic E-state index is 11.5. The third kappa shape index (κ3) is 2.64. The molecule has 0 radical (unpaired) electrons. The summed E-state index contributed by atoms with van der Waals surface area (Å²) in [6.07, 6.45) is 4.75. The number of amides is 1. The van der Waals surface area contributed by atoms with E-state index in [9.17, 15) is 9.59 Å². The molecule has 0 bridgehead atoms. The molecule has 5 heteroatoms. The van der Waals surface area contributed by atoms with Crippen LogP contribution < -0.4 is 5.56 Å². The van der Waals surface area contributed by atoms with Crippen molar-refractivity contribution in [3.8, 4) is 0 Å². The van der Waals surface area contributed by atoms with E-state index in [1.807, 2.05) is 0 Å². The van der Waals surface area contributed by atoms with Gasteiger partial charge in [-0.3, -0.25) is 19.1 Å². The Kier molecular flexibility index (Phi) is 4.13. The number of aromatic nitrogens is 1. The number of hydrogen-bond donors (Lipinski definition) is 0. The van der Waals surface area contributed by atoms with E-state index in [2.05, 4.69) is 0 Å². The Morgan fingerprint density at radius 3 is 2.69 bits per heavy atom. The van der Waals surface area contributed by atoms with Crippen LogP contribution in [0.5, 0.6) is 0 Å². The van der Waals surface area contributed by atoms with Crippen molar-refractivity contribution in [3.05, 3.63) is 47.0 Å². The Bertz CT molecular complexity index is 491. The number of carbonyl (C=O) groups is 1. The summed E-state index contributed by atoms with van der Waals surface area (Å²) in [6, 6.07) is 4.69. The van der Waals surface area contributed by atoms with Crippen molar-refractivity contribution in [1.82, 2.24) is 9.47 Å². The topological polar surface area (TPSA) is 42.3 Å². The van der Waals surface area contributed by atoms with Crippen LogP contribution in [0, 0.1) is 0 Å². The molecule has 0 atom stereocenters. The molecular weight excluding hydrogens is 224 g/mol. The minimum Gasteiger partial charge on any atom is -0.274 e. The summed E-state index contributed by atoms with van der Waals surface area (Å²) in [4.78, 5) is 24.1. The van der Waals surface area contributed by atoms with Crippen molar-refractivity contribution >= 4 is 23.2 Å². The van der Waals surface area contributed by atoms with Gasteiger partial charge in [-0.05, 0) is 25.2 Å². The lowest BCUT2D eigenvalue weighted by Crippen LogP contribution is -2.38. The highest BCUT2D eigenvalue weighted by Gasteiger charge is 2.13. The van der Waals surface area contributed by atoms with Gasteiger partial charge in [0.25, 0.3) is 5.56 Å². The highest BCUT2D eigenvalue weighted by molar-refractivity contribution is 7.80. The Morgan fingerprint density at radius 1 is 1.50 bits per heavy atom. The van der Waals surface area contributed by atoms with Gasteiger partial charge in [-0.15, -0.1) is 0 Å². The first kappa shape index (κ1) is 12.3. The fourth-order valence-electron chi connectivity index (χ4n) is 1.15. The van der Waals surface area contributed by atoms with E-state index in [1.165, 1.54) is 34.9 Å². The lowest BCUT2D eigenvalue weighted by molar-refractivity contribution is -0.123. The van der Waals surface area contributed by atoms with Gasteiger partial charge < -0.3 is 0 Å². The summed E-state index contributed by atoms with van der Waals surface area (Å²) in [5.41, 5.74) is -0.261. The number of carbonyl (C=O) groups excluding carboxylic acids is 1. The van der Waals surface area contributed by atoms with E-state index < -0.39 is 0 Å². The van der Waals surface area contributed by atoms with Gasteiger partial charge >= 0.3 is 0 Å². The zero-order valence-electron chi connectivity index (χ0n) is 9.08. The van der Waals surface area contributed by atoms with Crippen molar-refractivity contribution in [3.63, 3.8) is 0 Å². The number of thiocarbonyl (C=S) groups is 1. The molecule has 1 amide bonds. The van der Waals surface area contributed by atoms with Gasteiger partial charge in [-0.2, -0.15) is 0 Å². The van der Waals surface area contributed by atoms with Gasteiger partial charge in [0.1, 0.15) is 0 Å². The van der Waals surface area contributed by atoms with Crippen LogP contribution in [0.15, 0.2) is 41.5 Å². The van der Waals surface area contributed by atoms with Crippen molar-refractivity contribution < 1.29 is 4.79 Å². The first-order chi connectivity index (χ1) is 7.57. The minimum atomic E-state index is -0.261. The summed E-state index contributed by atoms with van der Waals surface area (Å²) < 4.78 is 1.25. The predicted molar refractivity (Wildman–Crippen MR) is 66.0 cm³/mol. The molecule has 84 valence electrons. The molecule has 4 nitrogen and oxygen atoms in total. The molecule has 1 aromatic heterocycles. The fraction of sp³-hybridized carbons (Fsp3) is 0.182. The van der Waals surface area contributed by atoms with E-state index in [1.54, 1.807) is 25.1 Å². The summed E-state index contributed by atoms with van der Waals surface area (Å²) in [6.45, 7) is 3.16. The first-order valence-electron chi connectivity index (χ1n) is 4.72. The molecule has 0 saturated carbocycles. The van der Waals surface area contributed by atoms with Crippen LogP contribution in [0.3, 0.4) is 0 Å². The average molecular weight is 236 g/mol. The highest BCUT2D eigenvalue weighted by Crippen LogP contribution is 1.97. The van der Waals surface area contributed by atoms with E-state index in [0.29, 0.717) is 0 Å². The third-order valence-corrected chi connectivity index (χ3v) is 2.27. The zero-order chi connectivity index (χ0) is 12.1. The van der Waals surface area contributed by atoms with E-state index >= 15 is 0 Å². The molecule has 0 unspecified atom stereocenters. The van der Waals surface area contributed by atoms with E-state index in [0.717, 1.165) is 0 Å². The molecule has 1 aromatic rings. The van der Waals surface area contributed by atoms with Gasteiger partial charge in [-0.1, -0.05) is 12.1 Å². The van der Waals surface area contributed by atoms with Crippen molar-refractivity contribution in [1.29, 1.82) is 0 Å². The quantitative estimate of drug-likeness (QED) is 0.691. The van der Waals surface area contributed by atoms with Gasteiger partial charge in [0, 0.05) is 25.4 Å². The number of pyridine rings is 1. The molecule has 0 N–H and O–H groups in total. The number of rotatable bonds is 1. The minimum absolute atomic E-state index is 0.149.